The van der Waals surface area contributed by atoms with Crippen molar-refractivity contribution in [3.05, 3.63) is 29.3 Å². The summed E-state index contributed by atoms with van der Waals surface area (Å²) in [4.78, 5) is 12.2. The highest BCUT2D eigenvalue weighted by molar-refractivity contribution is 7.88. The second-order valence-corrected chi connectivity index (χ2v) is 7.76. The molecular weight excluding hydrogens is 342 g/mol. The van der Waals surface area contributed by atoms with Crippen LogP contribution in [0.15, 0.2) is 12.1 Å². The molecule has 1 N–H and O–H groups in total. The topological polar surface area (TPSA) is 75.7 Å². The zero-order valence-corrected chi connectivity index (χ0v) is 14.3. The Bertz CT molecular complexity index is 724. The third-order valence-electron chi connectivity index (χ3n) is 4.01. The SMILES string of the molecule is COc1ccc(F)c(F)c1C(=O)NCC1CCCN(S(C)(=O)=O)C1. The Balaban J connectivity index is 2.05. The molecule has 1 aliphatic rings. The third-order valence-corrected chi connectivity index (χ3v) is 5.28. The summed E-state index contributed by atoms with van der Waals surface area (Å²) in [6.07, 6.45) is 2.57. The number of amides is 1. The maximum Gasteiger partial charge on any atom is 0.258 e. The molecule has 0 aromatic heterocycles. The molecule has 1 aromatic carbocycles. The van der Waals surface area contributed by atoms with Crippen molar-refractivity contribution in [3.63, 3.8) is 0 Å². The maximum absolute atomic E-state index is 13.9. The Morgan fingerprint density at radius 2 is 2.12 bits per heavy atom. The molecule has 1 saturated heterocycles. The van der Waals surface area contributed by atoms with E-state index in [1.807, 2.05) is 0 Å². The monoisotopic (exact) mass is 362 g/mol. The Kier molecular flexibility index (Phi) is 5.76. The highest BCUT2D eigenvalue weighted by Gasteiger charge is 2.27. The minimum Gasteiger partial charge on any atom is -0.496 e. The maximum atomic E-state index is 13.9. The molecule has 1 amide bonds. The van der Waals surface area contributed by atoms with Crippen LogP contribution in [-0.4, -0.2) is 51.6 Å². The van der Waals surface area contributed by atoms with Gasteiger partial charge in [0.2, 0.25) is 10.0 Å². The first kappa shape index (κ1) is 18.6. The van der Waals surface area contributed by atoms with E-state index in [0.717, 1.165) is 18.7 Å². The van der Waals surface area contributed by atoms with Crippen LogP contribution in [0.2, 0.25) is 0 Å². The quantitative estimate of drug-likeness (QED) is 0.859. The Morgan fingerprint density at radius 1 is 1.42 bits per heavy atom. The largest absolute Gasteiger partial charge is 0.496 e. The fourth-order valence-corrected chi connectivity index (χ4v) is 3.68. The lowest BCUT2D eigenvalue weighted by Crippen LogP contribution is -2.43. The standard InChI is InChI=1S/C15H20F2N2O4S/c1-23-12-6-5-11(16)14(17)13(12)15(20)18-8-10-4-3-7-19(9-10)24(2,21)22/h5-6,10H,3-4,7-9H2,1-2H3,(H,18,20). The van der Waals surface area contributed by atoms with Gasteiger partial charge in [-0.2, -0.15) is 0 Å². The normalized spacial score (nSPS) is 19.1. The second-order valence-electron chi connectivity index (χ2n) is 5.78. The van der Waals surface area contributed by atoms with E-state index in [1.165, 1.54) is 17.5 Å². The Labute approximate surface area is 139 Å². The van der Waals surface area contributed by atoms with Crippen LogP contribution in [0.3, 0.4) is 0 Å². The van der Waals surface area contributed by atoms with Gasteiger partial charge in [0.15, 0.2) is 11.6 Å². The average molecular weight is 362 g/mol. The van der Waals surface area contributed by atoms with Gasteiger partial charge in [-0.3, -0.25) is 4.79 Å². The number of nitrogens with one attached hydrogen (secondary N) is 1. The van der Waals surface area contributed by atoms with Crippen molar-refractivity contribution in [1.29, 1.82) is 0 Å². The van der Waals surface area contributed by atoms with Crippen LogP contribution >= 0.6 is 0 Å². The smallest absolute Gasteiger partial charge is 0.258 e. The van der Waals surface area contributed by atoms with Gasteiger partial charge < -0.3 is 10.1 Å². The number of halogens is 2. The molecule has 1 fully saturated rings. The number of carbonyl (C=O) groups excluding carboxylic acids is 1. The van der Waals surface area contributed by atoms with E-state index in [9.17, 15) is 22.0 Å². The first-order chi connectivity index (χ1) is 11.2. The number of hydrogen-bond acceptors (Lipinski definition) is 4. The van der Waals surface area contributed by atoms with E-state index in [0.29, 0.717) is 19.5 Å². The molecule has 1 unspecified atom stereocenters. The molecule has 0 radical (unpaired) electrons. The van der Waals surface area contributed by atoms with Gasteiger partial charge in [0, 0.05) is 19.6 Å². The molecule has 2 rings (SSSR count). The summed E-state index contributed by atoms with van der Waals surface area (Å²) in [6, 6.07) is 2.06. The molecule has 0 aliphatic carbocycles. The number of nitrogens with zero attached hydrogens (tertiary/aromatic N) is 1. The summed E-state index contributed by atoms with van der Waals surface area (Å²) in [7, 11) is -2.02. The van der Waals surface area contributed by atoms with Gasteiger partial charge in [-0.15, -0.1) is 0 Å². The number of benzene rings is 1. The minimum atomic E-state index is -3.28. The van der Waals surface area contributed by atoms with Gasteiger partial charge in [0.1, 0.15) is 11.3 Å². The molecule has 1 aromatic rings. The Hall–Kier alpha value is -1.74. The highest BCUT2D eigenvalue weighted by atomic mass is 32.2. The van der Waals surface area contributed by atoms with Crippen LogP contribution in [-0.2, 0) is 10.0 Å². The van der Waals surface area contributed by atoms with Crippen LogP contribution in [0.25, 0.3) is 0 Å². The van der Waals surface area contributed by atoms with Gasteiger partial charge in [-0.1, -0.05) is 0 Å². The van der Waals surface area contributed by atoms with Gasteiger partial charge in [-0.25, -0.2) is 21.5 Å². The Morgan fingerprint density at radius 3 is 2.75 bits per heavy atom. The molecule has 134 valence electrons. The molecule has 6 nitrogen and oxygen atoms in total. The molecule has 0 spiro atoms. The summed E-state index contributed by atoms with van der Waals surface area (Å²) in [6.45, 7) is 0.918. The van der Waals surface area contributed by atoms with E-state index in [1.54, 1.807) is 0 Å². The lowest BCUT2D eigenvalue weighted by molar-refractivity contribution is 0.0933. The number of methoxy groups -OCH3 is 1. The zero-order valence-electron chi connectivity index (χ0n) is 13.5. The van der Waals surface area contributed by atoms with Crippen molar-refractivity contribution in [1.82, 2.24) is 9.62 Å². The lowest BCUT2D eigenvalue weighted by atomic mass is 9.99. The number of carbonyl (C=O) groups is 1. The summed E-state index contributed by atoms with van der Waals surface area (Å²) in [5, 5.41) is 2.54. The predicted molar refractivity (Wildman–Crippen MR) is 84.4 cm³/mol. The van der Waals surface area contributed by atoms with E-state index in [-0.39, 0.29) is 18.2 Å². The molecule has 0 bridgehead atoms. The fraction of sp³-hybridized carbons (Fsp3) is 0.533. The second kappa shape index (κ2) is 7.43. The van der Waals surface area contributed by atoms with E-state index in [4.69, 9.17) is 4.74 Å². The van der Waals surface area contributed by atoms with Gasteiger partial charge in [-0.05, 0) is 30.9 Å². The number of piperidine rings is 1. The van der Waals surface area contributed by atoms with Gasteiger partial charge >= 0.3 is 0 Å². The minimum absolute atomic E-state index is 0.0622. The lowest BCUT2D eigenvalue weighted by Gasteiger charge is -2.31. The van der Waals surface area contributed by atoms with E-state index < -0.39 is 33.1 Å². The number of sulfonamides is 1. The molecule has 1 heterocycles. The van der Waals surface area contributed by atoms with Crippen LogP contribution in [0, 0.1) is 17.6 Å². The first-order valence-corrected chi connectivity index (χ1v) is 9.34. The fourth-order valence-electron chi connectivity index (χ4n) is 2.73. The summed E-state index contributed by atoms with van der Waals surface area (Å²) in [5.74, 6) is -3.34. The highest BCUT2D eigenvalue weighted by Crippen LogP contribution is 2.24. The van der Waals surface area contributed by atoms with Crippen molar-refractivity contribution in [2.45, 2.75) is 12.8 Å². The van der Waals surface area contributed by atoms with Crippen molar-refractivity contribution >= 4 is 15.9 Å². The van der Waals surface area contributed by atoms with Crippen molar-refractivity contribution in [3.8, 4) is 5.75 Å². The van der Waals surface area contributed by atoms with Crippen LogP contribution < -0.4 is 10.1 Å². The molecular formula is C15H20F2N2O4S. The molecule has 24 heavy (non-hydrogen) atoms. The predicted octanol–water partition coefficient (Wildman–Crippen LogP) is 1.37. The number of ether oxygens (including phenoxy) is 1. The van der Waals surface area contributed by atoms with E-state index >= 15 is 0 Å². The number of hydrogen-bond donors (Lipinski definition) is 1. The average Bonchev–Trinajstić information content (AvgIpc) is 2.54. The van der Waals surface area contributed by atoms with Crippen molar-refractivity contribution in [2.75, 3.05) is 33.0 Å². The molecule has 1 aliphatic heterocycles. The van der Waals surface area contributed by atoms with Crippen molar-refractivity contribution in [2.24, 2.45) is 5.92 Å². The summed E-state index contributed by atoms with van der Waals surface area (Å²) >= 11 is 0. The van der Waals surface area contributed by atoms with Crippen LogP contribution in [0.1, 0.15) is 23.2 Å². The number of rotatable bonds is 5. The summed E-state index contributed by atoms with van der Waals surface area (Å²) in [5.41, 5.74) is -0.492. The molecule has 1 atom stereocenters. The molecule has 0 saturated carbocycles. The van der Waals surface area contributed by atoms with Crippen LogP contribution in [0.5, 0.6) is 5.75 Å². The first-order valence-electron chi connectivity index (χ1n) is 7.49. The van der Waals surface area contributed by atoms with Crippen LogP contribution in [0.4, 0.5) is 8.78 Å². The molecule has 9 heteroatoms. The summed E-state index contributed by atoms with van der Waals surface area (Å²) < 4.78 is 56.7. The van der Waals surface area contributed by atoms with Crippen molar-refractivity contribution < 1.29 is 26.7 Å². The van der Waals surface area contributed by atoms with Gasteiger partial charge in [0.05, 0.1) is 13.4 Å². The van der Waals surface area contributed by atoms with Gasteiger partial charge in [0.25, 0.3) is 5.91 Å². The van der Waals surface area contributed by atoms with E-state index in [2.05, 4.69) is 5.32 Å². The zero-order chi connectivity index (χ0) is 17.9. The third kappa shape index (κ3) is 4.21.